The average molecular weight is 461 g/mol. The Balaban J connectivity index is 0.000000325. The monoisotopic (exact) mass is 461 g/mol. The molecule has 3 aromatic rings. The number of pyridine rings is 2. The van der Waals surface area contributed by atoms with E-state index in [2.05, 4.69) is 11.1 Å². The van der Waals surface area contributed by atoms with Crippen molar-refractivity contribution < 1.29 is 27.9 Å². The van der Waals surface area contributed by atoms with Crippen molar-refractivity contribution in [3.05, 3.63) is 48.7 Å². The number of fused-ring (bicyclic) bond motifs is 1. The summed E-state index contributed by atoms with van der Waals surface area (Å²) in [5.41, 5.74) is 2.97. The first-order valence-electron chi connectivity index (χ1n) is 10.6. The highest BCUT2D eigenvalue weighted by Crippen LogP contribution is 2.34. The van der Waals surface area contributed by atoms with Crippen LogP contribution in [0.4, 0.5) is 13.2 Å². The zero-order valence-electron chi connectivity index (χ0n) is 17.6. The van der Waals surface area contributed by atoms with Gasteiger partial charge in [0, 0.05) is 54.6 Å². The Morgan fingerprint density at radius 2 is 1.85 bits per heavy atom. The number of aliphatic carboxylic acids is 1. The van der Waals surface area contributed by atoms with Crippen LogP contribution in [0.2, 0.25) is 0 Å². The highest BCUT2D eigenvalue weighted by Gasteiger charge is 2.38. The Hall–Kier alpha value is -3.50. The number of alkyl halides is 3. The van der Waals surface area contributed by atoms with E-state index < -0.39 is 12.1 Å². The fraction of sp³-hybridized carbons (Fsp3) is 0.409. The van der Waals surface area contributed by atoms with E-state index in [0.29, 0.717) is 5.91 Å². The number of carbonyl (C=O) groups excluding carboxylic acids is 1. The first kappa shape index (κ1) is 22.7. The number of hydrogen-bond acceptors (Lipinski definition) is 5. The average Bonchev–Trinajstić information content (AvgIpc) is 3.57. The number of carboxylic acid groups (broad SMARTS) is 1. The van der Waals surface area contributed by atoms with Gasteiger partial charge in [-0.1, -0.05) is 6.07 Å². The molecule has 2 fully saturated rings. The maximum absolute atomic E-state index is 12.4. The normalized spacial score (nSPS) is 18.5. The van der Waals surface area contributed by atoms with Crippen LogP contribution in [0, 0.1) is 5.92 Å². The second-order valence-electron chi connectivity index (χ2n) is 8.13. The molecule has 1 saturated carbocycles. The molecule has 4 heterocycles. The number of rotatable bonds is 3. The van der Waals surface area contributed by atoms with E-state index in [0.717, 1.165) is 61.4 Å². The first-order valence-corrected chi connectivity index (χ1v) is 10.6. The van der Waals surface area contributed by atoms with Crippen LogP contribution in [0.1, 0.15) is 37.4 Å². The Kier molecular flexibility index (Phi) is 6.30. The number of carbonyl (C=O) groups is 2. The van der Waals surface area contributed by atoms with Gasteiger partial charge in [0.1, 0.15) is 0 Å². The van der Waals surface area contributed by atoms with Gasteiger partial charge in [0.05, 0.1) is 0 Å². The summed E-state index contributed by atoms with van der Waals surface area (Å²) in [6.45, 7) is 1.63. The van der Waals surface area contributed by atoms with Crippen molar-refractivity contribution in [2.24, 2.45) is 5.92 Å². The Morgan fingerprint density at radius 1 is 1.09 bits per heavy atom. The molecule has 0 radical (unpaired) electrons. The van der Waals surface area contributed by atoms with E-state index in [1.165, 1.54) is 0 Å². The van der Waals surface area contributed by atoms with Gasteiger partial charge in [0.25, 0.3) is 0 Å². The van der Waals surface area contributed by atoms with Crippen molar-refractivity contribution in [3.8, 4) is 11.1 Å². The highest BCUT2D eigenvalue weighted by molar-refractivity contribution is 5.81. The van der Waals surface area contributed by atoms with E-state index in [1.807, 2.05) is 40.0 Å². The van der Waals surface area contributed by atoms with Gasteiger partial charge < -0.3 is 10.0 Å². The first-order chi connectivity index (χ1) is 15.7. The standard InChI is InChI=1S/C20H21N5O.C2HF3O2/c26-20(14-5-6-14)24-10-2-4-17(12-24)19-22-18-8-7-16(13-25(18)23-19)15-3-1-9-21-11-15;3-2(4,5)1(6)7/h1,3,7-9,11,13-14,17H,2,4-6,10,12H2;(H,6,7). The summed E-state index contributed by atoms with van der Waals surface area (Å²) >= 11 is 0. The predicted octanol–water partition coefficient (Wildman–Crippen LogP) is 3.54. The second kappa shape index (κ2) is 9.16. The molecule has 1 atom stereocenters. The fourth-order valence-electron chi connectivity index (χ4n) is 3.75. The molecule has 1 N–H and O–H groups in total. The van der Waals surface area contributed by atoms with Gasteiger partial charge in [0.2, 0.25) is 5.91 Å². The van der Waals surface area contributed by atoms with Gasteiger partial charge in [0.15, 0.2) is 11.5 Å². The number of carboxylic acids is 1. The fourth-order valence-corrected chi connectivity index (χ4v) is 3.75. The van der Waals surface area contributed by atoms with Crippen LogP contribution in [0.15, 0.2) is 42.9 Å². The molecule has 0 bridgehead atoms. The van der Waals surface area contributed by atoms with Crippen molar-refractivity contribution in [1.82, 2.24) is 24.5 Å². The predicted molar refractivity (Wildman–Crippen MR) is 111 cm³/mol. The lowest BCUT2D eigenvalue weighted by atomic mass is 9.97. The maximum Gasteiger partial charge on any atom is 0.490 e. The highest BCUT2D eigenvalue weighted by atomic mass is 19.4. The zero-order chi connectivity index (χ0) is 23.6. The number of aromatic nitrogens is 4. The number of piperidine rings is 1. The third-order valence-corrected chi connectivity index (χ3v) is 5.61. The van der Waals surface area contributed by atoms with Crippen LogP contribution < -0.4 is 0 Å². The third-order valence-electron chi connectivity index (χ3n) is 5.61. The molecule has 1 aliphatic carbocycles. The van der Waals surface area contributed by atoms with Gasteiger partial charge in [-0.2, -0.15) is 18.3 Å². The molecule has 1 unspecified atom stereocenters. The summed E-state index contributed by atoms with van der Waals surface area (Å²) in [7, 11) is 0. The summed E-state index contributed by atoms with van der Waals surface area (Å²) in [5, 5.41) is 11.8. The number of hydrogen-bond donors (Lipinski definition) is 1. The summed E-state index contributed by atoms with van der Waals surface area (Å²) in [5.74, 6) is -1.07. The van der Waals surface area contributed by atoms with E-state index >= 15 is 0 Å². The molecular weight excluding hydrogens is 439 g/mol. The minimum Gasteiger partial charge on any atom is -0.475 e. The molecule has 5 rings (SSSR count). The molecule has 0 aromatic carbocycles. The summed E-state index contributed by atoms with van der Waals surface area (Å²) < 4.78 is 33.6. The minimum atomic E-state index is -5.08. The Labute approximate surface area is 187 Å². The molecule has 2 aliphatic rings. The van der Waals surface area contributed by atoms with Crippen molar-refractivity contribution in [3.63, 3.8) is 0 Å². The molecule has 174 valence electrons. The van der Waals surface area contributed by atoms with Crippen LogP contribution >= 0.6 is 0 Å². The van der Waals surface area contributed by atoms with E-state index in [1.54, 1.807) is 6.20 Å². The zero-order valence-corrected chi connectivity index (χ0v) is 17.6. The quantitative estimate of drug-likeness (QED) is 0.640. The summed E-state index contributed by atoms with van der Waals surface area (Å²) in [6, 6.07) is 8.01. The van der Waals surface area contributed by atoms with Gasteiger partial charge in [-0.05, 0) is 43.9 Å². The molecule has 11 heteroatoms. The molecule has 33 heavy (non-hydrogen) atoms. The lowest BCUT2D eigenvalue weighted by Gasteiger charge is -2.31. The topological polar surface area (TPSA) is 101 Å². The van der Waals surface area contributed by atoms with Crippen LogP contribution in [0.25, 0.3) is 16.8 Å². The molecule has 1 aliphatic heterocycles. The van der Waals surface area contributed by atoms with Gasteiger partial charge in [-0.25, -0.2) is 14.3 Å². The van der Waals surface area contributed by atoms with Gasteiger partial charge >= 0.3 is 12.1 Å². The van der Waals surface area contributed by atoms with Crippen molar-refractivity contribution in [2.75, 3.05) is 13.1 Å². The molecule has 1 saturated heterocycles. The molecule has 1 amide bonds. The molecular formula is C22H22F3N5O3. The smallest absolute Gasteiger partial charge is 0.475 e. The largest absolute Gasteiger partial charge is 0.490 e. The Morgan fingerprint density at radius 3 is 2.48 bits per heavy atom. The third kappa shape index (κ3) is 5.47. The number of nitrogens with zero attached hydrogens (tertiary/aromatic N) is 5. The SMILES string of the molecule is O=C(C1CC1)N1CCCC(c2nc3ccc(-c4cccnc4)cn3n2)C1.O=C(O)C(F)(F)F. The van der Waals surface area contributed by atoms with E-state index in [9.17, 15) is 18.0 Å². The Bertz CT molecular complexity index is 1150. The van der Waals surface area contributed by atoms with E-state index in [4.69, 9.17) is 20.0 Å². The van der Waals surface area contributed by atoms with Crippen molar-refractivity contribution >= 4 is 17.5 Å². The molecule has 8 nitrogen and oxygen atoms in total. The van der Waals surface area contributed by atoms with Crippen LogP contribution in [0.3, 0.4) is 0 Å². The van der Waals surface area contributed by atoms with Gasteiger partial charge in [-0.3, -0.25) is 9.78 Å². The minimum absolute atomic E-state index is 0.230. The summed E-state index contributed by atoms with van der Waals surface area (Å²) in [4.78, 5) is 32.2. The van der Waals surface area contributed by atoms with Crippen LogP contribution in [-0.2, 0) is 9.59 Å². The molecule has 0 spiro atoms. The summed E-state index contributed by atoms with van der Waals surface area (Å²) in [6.07, 6.45) is 4.72. The van der Waals surface area contributed by atoms with Crippen LogP contribution in [0.5, 0.6) is 0 Å². The maximum atomic E-state index is 12.4. The van der Waals surface area contributed by atoms with Crippen molar-refractivity contribution in [1.29, 1.82) is 0 Å². The van der Waals surface area contributed by atoms with Crippen LogP contribution in [-0.4, -0.2) is 60.7 Å². The number of likely N-dealkylation sites (tertiary alicyclic amines) is 1. The van der Waals surface area contributed by atoms with E-state index in [-0.39, 0.29) is 11.8 Å². The molecule has 3 aromatic heterocycles. The van der Waals surface area contributed by atoms with Crippen molar-refractivity contribution in [2.45, 2.75) is 37.8 Å². The lowest BCUT2D eigenvalue weighted by molar-refractivity contribution is -0.192. The number of halogens is 3. The second-order valence-corrected chi connectivity index (χ2v) is 8.13. The lowest BCUT2D eigenvalue weighted by Crippen LogP contribution is -2.40. The number of amides is 1. The van der Waals surface area contributed by atoms with Gasteiger partial charge in [-0.15, -0.1) is 0 Å².